The molecule has 1 fully saturated rings. The summed E-state index contributed by atoms with van der Waals surface area (Å²) in [5.74, 6) is -0.0199. The third-order valence-corrected chi connectivity index (χ3v) is 4.41. The second-order valence-electron chi connectivity index (χ2n) is 6.08. The molecule has 1 aromatic heterocycles. The zero-order valence-electron chi connectivity index (χ0n) is 14.4. The summed E-state index contributed by atoms with van der Waals surface area (Å²) in [7, 11) is 0. The first-order chi connectivity index (χ1) is 12.7. The van der Waals surface area contributed by atoms with Gasteiger partial charge >= 0.3 is 0 Å². The van der Waals surface area contributed by atoms with E-state index in [4.69, 9.17) is 5.26 Å². The second kappa shape index (κ2) is 8.41. The summed E-state index contributed by atoms with van der Waals surface area (Å²) in [6.45, 7) is 4.58. The lowest BCUT2D eigenvalue weighted by Gasteiger charge is -2.35. The Labute approximate surface area is 151 Å². The number of nitrogens with one attached hydrogen (secondary N) is 1. The Morgan fingerprint density at radius 2 is 1.96 bits per heavy atom. The summed E-state index contributed by atoms with van der Waals surface area (Å²) in [6.07, 6.45) is 1.58. The quantitative estimate of drug-likeness (QED) is 0.885. The fraction of sp³-hybridized carbons (Fsp3) is 0.316. The van der Waals surface area contributed by atoms with Gasteiger partial charge in [0, 0.05) is 45.5 Å². The second-order valence-corrected chi connectivity index (χ2v) is 6.08. The maximum absolute atomic E-state index is 13.6. The molecule has 1 N–H and O–H groups in total. The molecule has 6 nitrogen and oxygen atoms in total. The van der Waals surface area contributed by atoms with Crippen LogP contribution in [-0.2, 0) is 0 Å². The Kier molecular flexibility index (Phi) is 5.77. The highest BCUT2D eigenvalue weighted by atomic mass is 19.1. The van der Waals surface area contributed by atoms with E-state index in [2.05, 4.69) is 26.2 Å². The molecule has 0 spiro atoms. The number of amides is 1. The molecular formula is C19H20FN5O. The first kappa shape index (κ1) is 17.8. The van der Waals surface area contributed by atoms with Crippen LogP contribution in [0.1, 0.15) is 15.9 Å². The molecule has 3 rings (SSSR count). The average Bonchev–Trinajstić information content (AvgIpc) is 2.69. The molecule has 2 aromatic rings. The Balaban J connectivity index is 1.42. The normalized spacial score (nSPS) is 14.7. The minimum Gasteiger partial charge on any atom is -0.354 e. The van der Waals surface area contributed by atoms with Crippen molar-refractivity contribution in [1.29, 1.82) is 5.26 Å². The molecule has 26 heavy (non-hydrogen) atoms. The highest BCUT2D eigenvalue weighted by molar-refractivity contribution is 5.94. The third-order valence-electron chi connectivity index (χ3n) is 4.41. The van der Waals surface area contributed by atoms with Crippen molar-refractivity contribution in [3.63, 3.8) is 0 Å². The minimum absolute atomic E-state index is 0.0733. The molecule has 134 valence electrons. The summed E-state index contributed by atoms with van der Waals surface area (Å²) >= 11 is 0. The maximum Gasteiger partial charge on any atom is 0.254 e. The molecule has 7 heteroatoms. The van der Waals surface area contributed by atoms with Gasteiger partial charge in [0.15, 0.2) is 0 Å². The number of anilines is 1. The van der Waals surface area contributed by atoms with Crippen LogP contribution < -0.4 is 10.2 Å². The molecule has 0 radical (unpaired) electrons. The van der Waals surface area contributed by atoms with Crippen molar-refractivity contribution in [3.8, 4) is 6.07 Å². The molecule has 1 saturated heterocycles. The number of benzene rings is 1. The van der Waals surface area contributed by atoms with Crippen LogP contribution in [0, 0.1) is 17.1 Å². The lowest BCUT2D eigenvalue weighted by Crippen LogP contribution is -2.48. The van der Waals surface area contributed by atoms with Crippen LogP contribution in [0.2, 0.25) is 0 Å². The number of carbonyl (C=O) groups is 1. The summed E-state index contributed by atoms with van der Waals surface area (Å²) < 4.78 is 13.6. The van der Waals surface area contributed by atoms with E-state index < -0.39 is 5.82 Å². The number of pyridine rings is 1. The highest BCUT2D eigenvalue weighted by Crippen LogP contribution is 2.13. The average molecular weight is 353 g/mol. The van der Waals surface area contributed by atoms with Crippen LogP contribution in [0.3, 0.4) is 0 Å². The van der Waals surface area contributed by atoms with E-state index in [1.54, 1.807) is 24.4 Å². The van der Waals surface area contributed by atoms with Gasteiger partial charge in [0.1, 0.15) is 17.7 Å². The molecule has 2 heterocycles. The van der Waals surface area contributed by atoms with Crippen LogP contribution in [-0.4, -0.2) is 55.1 Å². The first-order valence-electron chi connectivity index (χ1n) is 8.53. The molecule has 0 atom stereocenters. The van der Waals surface area contributed by atoms with Crippen LogP contribution in [0.4, 0.5) is 10.2 Å². The van der Waals surface area contributed by atoms with Gasteiger partial charge < -0.3 is 10.2 Å². The highest BCUT2D eigenvalue weighted by Gasteiger charge is 2.18. The number of rotatable bonds is 5. The zero-order chi connectivity index (χ0) is 18.4. The van der Waals surface area contributed by atoms with Crippen molar-refractivity contribution in [3.05, 3.63) is 59.5 Å². The number of carbonyl (C=O) groups excluding carboxylic acids is 1. The van der Waals surface area contributed by atoms with E-state index in [1.807, 2.05) is 6.07 Å². The number of hydrogen-bond acceptors (Lipinski definition) is 5. The van der Waals surface area contributed by atoms with Gasteiger partial charge in [-0.3, -0.25) is 9.69 Å². The number of nitrogens with zero attached hydrogens (tertiary/aromatic N) is 4. The van der Waals surface area contributed by atoms with Crippen LogP contribution >= 0.6 is 0 Å². The van der Waals surface area contributed by atoms with Gasteiger partial charge in [-0.15, -0.1) is 0 Å². The summed E-state index contributed by atoms with van der Waals surface area (Å²) in [4.78, 5) is 20.7. The van der Waals surface area contributed by atoms with E-state index in [9.17, 15) is 9.18 Å². The fourth-order valence-corrected chi connectivity index (χ4v) is 2.91. The summed E-state index contributed by atoms with van der Waals surface area (Å²) in [6, 6.07) is 11.7. The van der Waals surface area contributed by atoms with Crippen molar-refractivity contribution in [2.24, 2.45) is 0 Å². The van der Waals surface area contributed by atoms with Gasteiger partial charge in [-0.2, -0.15) is 5.26 Å². The van der Waals surface area contributed by atoms with Gasteiger partial charge in [-0.05, 0) is 24.3 Å². The monoisotopic (exact) mass is 353 g/mol. The minimum atomic E-state index is -0.506. The smallest absolute Gasteiger partial charge is 0.254 e. The number of nitriles is 1. The molecule has 1 amide bonds. The maximum atomic E-state index is 13.6. The van der Waals surface area contributed by atoms with Crippen molar-refractivity contribution in [2.45, 2.75) is 0 Å². The van der Waals surface area contributed by atoms with Gasteiger partial charge in [-0.25, -0.2) is 9.37 Å². The molecule has 1 aromatic carbocycles. The Hall–Kier alpha value is -2.98. The van der Waals surface area contributed by atoms with Gasteiger partial charge in [0.25, 0.3) is 5.91 Å². The number of piperazine rings is 1. The number of halogens is 1. The Morgan fingerprint density at radius 3 is 2.62 bits per heavy atom. The Bertz CT molecular complexity index is 794. The largest absolute Gasteiger partial charge is 0.354 e. The van der Waals surface area contributed by atoms with Crippen LogP contribution in [0.5, 0.6) is 0 Å². The molecule has 1 aliphatic heterocycles. The molecule has 0 saturated carbocycles. The van der Waals surface area contributed by atoms with Gasteiger partial charge in [0.05, 0.1) is 11.1 Å². The van der Waals surface area contributed by atoms with E-state index in [1.165, 1.54) is 12.1 Å². The Morgan fingerprint density at radius 1 is 1.19 bits per heavy atom. The van der Waals surface area contributed by atoms with Crippen molar-refractivity contribution in [2.75, 3.05) is 44.2 Å². The van der Waals surface area contributed by atoms with E-state index in [-0.39, 0.29) is 11.5 Å². The predicted molar refractivity (Wildman–Crippen MR) is 96.3 cm³/mol. The molecule has 0 unspecified atom stereocenters. The lowest BCUT2D eigenvalue weighted by molar-refractivity contribution is 0.0943. The standard InChI is InChI=1S/C19H20FN5O/c20-17-4-2-1-3-16(17)19(26)22-7-8-24-9-11-25(12-10-24)18-6-5-15(13-21)14-23-18/h1-6,14H,7-12H2,(H,22,26). The number of aromatic nitrogens is 1. The van der Waals surface area contributed by atoms with Crippen LogP contribution in [0.25, 0.3) is 0 Å². The lowest BCUT2D eigenvalue weighted by atomic mass is 10.2. The SMILES string of the molecule is N#Cc1ccc(N2CCN(CCNC(=O)c3ccccc3F)CC2)nc1. The summed E-state index contributed by atoms with van der Waals surface area (Å²) in [5, 5.41) is 11.6. The summed E-state index contributed by atoms with van der Waals surface area (Å²) in [5.41, 5.74) is 0.627. The molecule has 0 aliphatic carbocycles. The molecule has 1 aliphatic rings. The molecular weight excluding hydrogens is 333 g/mol. The van der Waals surface area contributed by atoms with Gasteiger partial charge in [-0.1, -0.05) is 12.1 Å². The number of hydrogen-bond donors (Lipinski definition) is 1. The third kappa shape index (κ3) is 4.35. The van der Waals surface area contributed by atoms with Crippen LogP contribution in [0.15, 0.2) is 42.6 Å². The van der Waals surface area contributed by atoms with Gasteiger partial charge in [0.2, 0.25) is 0 Å². The van der Waals surface area contributed by atoms with E-state index in [0.717, 1.165) is 38.5 Å². The first-order valence-corrected chi connectivity index (χ1v) is 8.53. The van der Waals surface area contributed by atoms with Crippen molar-refractivity contribution < 1.29 is 9.18 Å². The fourth-order valence-electron chi connectivity index (χ4n) is 2.91. The molecule has 0 bridgehead atoms. The topological polar surface area (TPSA) is 72.3 Å². The van der Waals surface area contributed by atoms with Crippen molar-refractivity contribution >= 4 is 11.7 Å². The predicted octanol–water partition coefficient (Wildman–Crippen LogP) is 1.64. The zero-order valence-corrected chi connectivity index (χ0v) is 14.4. The van der Waals surface area contributed by atoms with Crippen molar-refractivity contribution in [1.82, 2.24) is 15.2 Å². The van der Waals surface area contributed by atoms with E-state index >= 15 is 0 Å². The van der Waals surface area contributed by atoms with E-state index in [0.29, 0.717) is 12.1 Å².